The van der Waals surface area contributed by atoms with Crippen LogP contribution in [0.1, 0.15) is 38.3 Å². The first-order valence-corrected chi connectivity index (χ1v) is 8.53. The van der Waals surface area contributed by atoms with Crippen molar-refractivity contribution in [3.05, 3.63) is 29.8 Å². The number of rotatable bonds is 5. The lowest BCUT2D eigenvalue weighted by atomic mass is 9.80. The highest BCUT2D eigenvalue weighted by molar-refractivity contribution is 6.08. The Bertz CT molecular complexity index is 734. The van der Waals surface area contributed by atoms with Gasteiger partial charge in [-0.3, -0.25) is 14.5 Å². The molecule has 0 aromatic heterocycles. The van der Waals surface area contributed by atoms with E-state index >= 15 is 0 Å². The van der Waals surface area contributed by atoms with Crippen LogP contribution in [0.5, 0.6) is 5.75 Å². The third-order valence-corrected chi connectivity index (χ3v) is 5.47. The number of nitrogens with zero attached hydrogens (tertiary/aromatic N) is 1. The maximum absolute atomic E-state index is 12.9. The van der Waals surface area contributed by atoms with E-state index in [1.165, 1.54) is 23.2 Å². The number of likely N-dealkylation sites (tertiary alicyclic amines) is 1. The third kappa shape index (κ3) is 2.50. The van der Waals surface area contributed by atoms with Gasteiger partial charge in [0, 0.05) is 6.54 Å². The van der Waals surface area contributed by atoms with Gasteiger partial charge in [0.15, 0.2) is 0 Å². The minimum Gasteiger partial charge on any atom is -0.544 e. The van der Waals surface area contributed by atoms with E-state index in [1.54, 1.807) is 18.2 Å². The predicted octanol–water partition coefficient (Wildman–Crippen LogP) is -1.08. The molecule has 2 aliphatic heterocycles. The van der Waals surface area contributed by atoms with E-state index in [0.717, 1.165) is 6.42 Å². The van der Waals surface area contributed by atoms with Crippen LogP contribution in [0.3, 0.4) is 0 Å². The van der Waals surface area contributed by atoms with Gasteiger partial charge in [0.05, 0.1) is 5.56 Å². The number of carboxylic acid groups (broad SMARTS) is 1. The molecule has 2 fully saturated rings. The van der Waals surface area contributed by atoms with E-state index in [0.29, 0.717) is 12.0 Å². The predicted molar refractivity (Wildman–Crippen MR) is 84.8 cm³/mol. The Balaban J connectivity index is 2.06. The average molecular weight is 346 g/mol. The molecule has 2 aliphatic rings. The number of aromatic hydroxyl groups is 1. The monoisotopic (exact) mass is 346 g/mol. The Labute approximate surface area is 145 Å². The second kappa shape index (κ2) is 6.15. The molecule has 7 heteroatoms. The first-order valence-electron chi connectivity index (χ1n) is 8.53. The van der Waals surface area contributed by atoms with Crippen LogP contribution < -0.4 is 10.4 Å². The highest BCUT2D eigenvalue weighted by atomic mass is 16.4. The van der Waals surface area contributed by atoms with Crippen LogP contribution in [0, 0.1) is 11.8 Å². The van der Waals surface area contributed by atoms with Crippen molar-refractivity contribution < 1.29 is 29.9 Å². The molecule has 25 heavy (non-hydrogen) atoms. The second-order valence-corrected chi connectivity index (χ2v) is 7.01. The number of imide groups is 1. The van der Waals surface area contributed by atoms with Crippen LogP contribution >= 0.6 is 0 Å². The van der Waals surface area contributed by atoms with Gasteiger partial charge in [0.1, 0.15) is 35.1 Å². The fraction of sp³-hybridized carbons (Fsp3) is 0.500. The minimum absolute atomic E-state index is 0.0163. The normalized spacial score (nSPS) is 31.4. The number of carbonyl (C=O) groups is 3. The molecule has 0 spiro atoms. The lowest BCUT2D eigenvalue weighted by molar-refractivity contribution is -0.735. The molecule has 0 saturated carbocycles. The zero-order valence-electron chi connectivity index (χ0n) is 14.3. The maximum atomic E-state index is 12.9. The molecule has 0 unspecified atom stereocenters. The van der Waals surface area contributed by atoms with Gasteiger partial charge in [-0.15, -0.1) is 0 Å². The quantitative estimate of drug-likeness (QED) is 0.658. The third-order valence-electron chi connectivity index (χ3n) is 5.47. The van der Waals surface area contributed by atoms with Crippen LogP contribution in [0.25, 0.3) is 0 Å². The van der Waals surface area contributed by atoms with Gasteiger partial charge in [-0.2, -0.15) is 0 Å². The number of amides is 2. The Kier molecular flexibility index (Phi) is 4.28. The molecule has 7 nitrogen and oxygen atoms in total. The molecular formula is C18H22N2O5. The molecule has 2 amide bonds. The molecule has 1 aromatic rings. The standard InChI is InChI=1S/C18H22N2O5/c1-3-4-9-20-15(22)12-13(16(20)23)18(2,17(24)25)19-14(12)10-7-5-6-8-11(10)21/h5-8,12-14,19,21H,3-4,9H2,1-2H3,(H,24,25)/t12-,13-,14+,18+/m0/s1. The summed E-state index contributed by atoms with van der Waals surface area (Å²) < 4.78 is 0. The molecular weight excluding hydrogens is 324 g/mol. The molecule has 0 radical (unpaired) electrons. The van der Waals surface area contributed by atoms with Gasteiger partial charge in [0.2, 0.25) is 11.8 Å². The highest BCUT2D eigenvalue weighted by Crippen LogP contribution is 2.45. The van der Waals surface area contributed by atoms with Crippen molar-refractivity contribution in [2.75, 3.05) is 6.54 Å². The number of quaternary nitrogens is 1. The molecule has 0 aliphatic carbocycles. The number of hydrogen-bond acceptors (Lipinski definition) is 5. The van der Waals surface area contributed by atoms with E-state index < -0.39 is 35.3 Å². The van der Waals surface area contributed by atoms with E-state index in [9.17, 15) is 24.6 Å². The molecule has 3 N–H and O–H groups in total. The largest absolute Gasteiger partial charge is 0.544 e. The van der Waals surface area contributed by atoms with Crippen molar-refractivity contribution in [2.24, 2.45) is 11.8 Å². The van der Waals surface area contributed by atoms with Crippen LogP contribution in [-0.4, -0.2) is 39.9 Å². The Hall–Kier alpha value is -2.41. The van der Waals surface area contributed by atoms with Crippen LogP contribution in [0.2, 0.25) is 0 Å². The number of carbonyl (C=O) groups excluding carboxylic acids is 3. The summed E-state index contributed by atoms with van der Waals surface area (Å²) in [6.07, 6.45) is 1.49. The van der Waals surface area contributed by atoms with Crippen LogP contribution in [0.15, 0.2) is 24.3 Å². The van der Waals surface area contributed by atoms with Gasteiger partial charge >= 0.3 is 0 Å². The van der Waals surface area contributed by atoms with Crippen LogP contribution in [0.4, 0.5) is 0 Å². The highest BCUT2D eigenvalue weighted by Gasteiger charge is 2.68. The summed E-state index contributed by atoms with van der Waals surface area (Å²) in [6, 6.07) is 5.86. The molecule has 2 saturated heterocycles. The van der Waals surface area contributed by atoms with Crippen molar-refractivity contribution >= 4 is 17.8 Å². The summed E-state index contributed by atoms with van der Waals surface area (Å²) >= 11 is 0. The number of carboxylic acids is 1. The van der Waals surface area contributed by atoms with Gasteiger partial charge in [-0.1, -0.05) is 25.5 Å². The second-order valence-electron chi connectivity index (χ2n) is 7.01. The summed E-state index contributed by atoms with van der Waals surface area (Å²) in [6.45, 7) is 3.67. The van der Waals surface area contributed by atoms with Crippen LogP contribution in [-0.2, 0) is 14.4 Å². The van der Waals surface area contributed by atoms with Crippen molar-refractivity contribution in [2.45, 2.75) is 38.3 Å². The Morgan fingerprint density at radius 2 is 2.00 bits per heavy atom. The summed E-state index contributed by atoms with van der Waals surface area (Å²) in [4.78, 5) is 38.7. The molecule has 2 heterocycles. The topological polar surface area (TPSA) is 114 Å². The molecule has 4 atom stereocenters. The number of fused-ring (bicyclic) bond motifs is 1. The first kappa shape index (κ1) is 17.4. The zero-order chi connectivity index (χ0) is 18.4. The smallest absolute Gasteiger partial charge is 0.240 e. The number of hydrogen-bond donors (Lipinski definition) is 2. The van der Waals surface area contributed by atoms with Crippen molar-refractivity contribution in [1.82, 2.24) is 4.90 Å². The van der Waals surface area contributed by atoms with E-state index in [1.807, 2.05) is 6.92 Å². The number of phenols is 1. The van der Waals surface area contributed by atoms with Gasteiger partial charge in [0.25, 0.3) is 0 Å². The van der Waals surface area contributed by atoms with Gasteiger partial charge in [-0.05, 0) is 25.5 Å². The average Bonchev–Trinajstić information content (AvgIpc) is 3.02. The number of benzene rings is 1. The van der Waals surface area contributed by atoms with E-state index in [2.05, 4.69) is 0 Å². The number of unbranched alkanes of at least 4 members (excludes halogenated alkanes) is 1. The SMILES string of the molecule is CCCCN1C(=O)[C@@H]2[C@@H](c3ccccc3O)[NH2+][C@@](C)(C(=O)[O-])[C@@H]2C1=O. The Morgan fingerprint density at radius 1 is 1.32 bits per heavy atom. The van der Waals surface area contributed by atoms with Crippen molar-refractivity contribution in [1.29, 1.82) is 0 Å². The summed E-state index contributed by atoms with van der Waals surface area (Å²) in [5, 5.41) is 23.5. The summed E-state index contributed by atoms with van der Waals surface area (Å²) in [7, 11) is 0. The number of aliphatic carboxylic acids is 1. The lowest BCUT2D eigenvalue weighted by Gasteiger charge is -2.29. The van der Waals surface area contributed by atoms with Crippen molar-refractivity contribution in [3.8, 4) is 5.75 Å². The zero-order valence-corrected chi connectivity index (χ0v) is 14.3. The fourth-order valence-electron chi connectivity index (χ4n) is 4.11. The first-order chi connectivity index (χ1) is 11.8. The fourth-order valence-corrected chi connectivity index (χ4v) is 4.11. The number of para-hydroxylation sites is 1. The molecule has 3 rings (SSSR count). The van der Waals surface area contributed by atoms with E-state index in [-0.39, 0.29) is 18.2 Å². The minimum atomic E-state index is -1.55. The summed E-state index contributed by atoms with van der Waals surface area (Å²) in [5.41, 5.74) is -1.09. The number of nitrogens with two attached hydrogens (primary N) is 1. The van der Waals surface area contributed by atoms with E-state index in [4.69, 9.17) is 0 Å². The van der Waals surface area contributed by atoms with Gasteiger partial charge in [-0.25, -0.2) is 0 Å². The van der Waals surface area contributed by atoms with Crippen molar-refractivity contribution in [3.63, 3.8) is 0 Å². The molecule has 1 aromatic carbocycles. The van der Waals surface area contributed by atoms with Gasteiger partial charge < -0.3 is 20.3 Å². The summed E-state index contributed by atoms with van der Waals surface area (Å²) in [5.74, 6) is -4.02. The maximum Gasteiger partial charge on any atom is 0.240 e. The number of phenolic OH excluding ortho intramolecular Hbond substituents is 1. The molecule has 0 bridgehead atoms. The lowest BCUT2D eigenvalue weighted by Crippen LogP contribution is -2.98. The molecule has 134 valence electrons. The Morgan fingerprint density at radius 3 is 2.60 bits per heavy atom.